The lowest BCUT2D eigenvalue weighted by atomic mass is 9.77. The Morgan fingerprint density at radius 3 is 2.39 bits per heavy atom. The maximum Gasteiger partial charge on any atom is 0.303 e. The normalized spacial score (nSPS) is 31.4. The summed E-state index contributed by atoms with van der Waals surface area (Å²) in [5.74, 6) is -0.589. The molecule has 0 aromatic rings. The molecule has 3 saturated heterocycles. The molecule has 0 radical (unpaired) electrons. The molecule has 174 valence electrons. The number of aliphatic carboxylic acids is 1. The number of fused-ring (bicyclic) bond motifs is 5. The zero-order chi connectivity index (χ0) is 22.4. The van der Waals surface area contributed by atoms with Crippen molar-refractivity contribution in [2.75, 3.05) is 6.54 Å². The minimum absolute atomic E-state index is 0.0136. The first-order valence-electron chi connectivity index (χ1n) is 11.7. The van der Waals surface area contributed by atoms with Gasteiger partial charge in [0.05, 0.1) is 12.2 Å². The quantitative estimate of drug-likeness (QED) is 0.218. The lowest BCUT2D eigenvalue weighted by Gasteiger charge is -2.26. The molecule has 1 unspecified atom stereocenters. The smallest absolute Gasteiger partial charge is 0.303 e. The molecule has 3 heterocycles. The van der Waals surface area contributed by atoms with Crippen LogP contribution in [0.2, 0.25) is 0 Å². The van der Waals surface area contributed by atoms with Crippen LogP contribution in [0.5, 0.6) is 0 Å². The van der Waals surface area contributed by atoms with Gasteiger partial charge in [0.2, 0.25) is 11.8 Å². The molecule has 2 bridgehead atoms. The van der Waals surface area contributed by atoms with Gasteiger partial charge in [0.25, 0.3) is 0 Å². The first-order valence-corrected chi connectivity index (χ1v) is 11.7. The summed E-state index contributed by atoms with van der Waals surface area (Å²) in [5.41, 5.74) is 0. The van der Waals surface area contributed by atoms with Crippen LogP contribution in [0.3, 0.4) is 0 Å². The third-order valence-electron chi connectivity index (χ3n) is 6.54. The van der Waals surface area contributed by atoms with Gasteiger partial charge < -0.3 is 25.2 Å². The van der Waals surface area contributed by atoms with Gasteiger partial charge in [-0.1, -0.05) is 31.9 Å². The summed E-state index contributed by atoms with van der Waals surface area (Å²) >= 11 is 0. The van der Waals surface area contributed by atoms with Gasteiger partial charge in [0.1, 0.15) is 18.2 Å². The highest BCUT2D eigenvalue weighted by molar-refractivity contribution is 5.87. The first kappa shape index (κ1) is 23.7. The molecule has 3 N–H and O–H groups in total. The summed E-state index contributed by atoms with van der Waals surface area (Å²) in [6.45, 7) is 4.30. The second-order valence-electron chi connectivity index (χ2n) is 8.94. The van der Waals surface area contributed by atoms with Crippen LogP contribution in [0.15, 0.2) is 12.2 Å². The predicted octanol–water partition coefficient (Wildman–Crippen LogP) is 2.17. The maximum atomic E-state index is 12.5. The van der Waals surface area contributed by atoms with E-state index in [1.165, 1.54) is 0 Å². The highest BCUT2D eigenvalue weighted by Gasteiger charge is 2.68. The summed E-state index contributed by atoms with van der Waals surface area (Å²) in [4.78, 5) is 35.1. The molecule has 31 heavy (non-hydrogen) atoms. The average Bonchev–Trinajstić information content (AvgIpc) is 3.35. The number of nitrogens with one attached hydrogen (secondary N) is 2. The molecule has 0 spiro atoms. The fourth-order valence-electron chi connectivity index (χ4n) is 4.78. The predicted molar refractivity (Wildman–Crippen MR) is 114 cm³/mol. The highest BCUT2D eigenvalue weighted by atomic mass is 16.7. The number of carbonyl (C=O) groups is 3. The molecule has 0 aromatic carbocycles. The molecule has 3 fully saturated rings. The van der Waals surface area contributed by atoms with Crippen LogP contribution < -0.4 is 10.6 Å². The number of carboxylic acids is 1. The van der Waals surface area contributed by atoms with Crippen LogP contribution in [0, 0.1) is 11.8 Å². The third kappa shape index (κ3) is 6.29. The van der Waals surface area contributed by atoms with Crippen LogP contribution in [-0.2, 0) is 23.9 Å². The van der Waals surface area contributed by atoms with E-state index in [2.05, 4.69) is 23.6 Å². The fraction of sp³-hybridized carbons (Fsp3) is 0.783. The van der Waals surface area contributed by atoms with E-state index in [9.17, 15) is 14.4 Å². The number of hydrogen-bond acceptors (Lipinski definition) is 5. The lowest BCUT2D eigenvalue weighted by Crippen LogP contribution is -2.48. The van der Waals surface area contributed by atoms with Crippen molar-refractivity contribution < 1.29 is 29.0 Å². The van der Waals surface area contributed by atoms with Gasteiger partial charge in [-0.25, -0.2) is 0 Å². The Balaban J connectivity index is 1.43. The van der Waals surface area contributed by atoms with Gasteiger partial charge >= 0.3 is 5.97 Å². The van der Waals surface area contributed by atoms with Crippen molar-refractivity contribution in [3.05, 3.63) is 12.2 Å². The molecule has 0 saturated carbocycles. The van der Waals surface area contributed by atoms with Gasteiger partial charge in [0, 0.05) is 25.3 Å². The Bertz CT molecular complexity index is 681. The maximum absolute atomic E-state index is 12.5. The monoisotopic (exact) mass is 436 g/mol. The largest absolute Gasteiger partial charge is 0.481 e. The molecule has 0 aromatic heterocycles. The Morgan fingerprint density at radius 2 is 1.68 bits per heavy atom. The summed E-state index contributed by atoms with van der Waals surface area (Å²) in [7, 11) is 0. The number of unbranched alkanes of at least 4 members (excludes halogenated alkanes) is 3. The van der Waals surface area contributed by atoms with Crippen LogP contribution in [0.25, 0.3) is 0 Å². The summed E-state index contributed by atoms with van der Waals surface area (Å²) < 4.78 is 11.9. The molecule has 8 heteroatoms. The van der Waals surface area contributed by atoms with E-state index < -0.39 is 12.0 Å². The van der Waals surface area contributed by atoms with Gasteiger partial charge in [-0.15, -0.1) is 0 Å². The number of rotatable bonds is 14. The van der Waals surface area contributed by atoms with E-state index in [0.717, 1.165) is 32.1 Å². The van der Waals surface area contributed by atoms with Gasteiger partial charge in [-0.3, -0.25) is 14.4 Å². The number of carbonyl (C=O) groups excluding carboxylic acids is 2. The van der Waals surface area contributed by atoms with Crippen LogP contribution >= 0.6 is 0 Å². The number of amides is 2. The van der Waals surface area contributed by atoms with E-state index in [-0.39, 0.29) is 54.5 Å². The van der Waals surface area contributed by atoms with Gasteiger partial charge in [-0.05, 0) is 38.5 Å². The van der Waals surface area contributed by atoms with Gasteiger partial charge in [-0.2, -0.15) is 0 Å². The van der Waals surface area contributed by atoms with Crippen LogP contribution in [-0.4, -0.2) is 59.9 Å². The number of ether oxygens (including phenoxy) is 2. The van der Waals surface area contributed by atoms with Crippen LogP contribution in [0.4, 0.5) is 0 Å². The SMILES string of the molecule is CCCCCC(=O)NC(C)C(=O)NC[C@@H]1[C@H](CC=CCCCC(=O)O)[C@H]2O[C@@H]1[C@H]1O[C@H]12. The molecule has 7 atom stereocenters. The van der Waals surface area contributed by atoms with Crippen molar-refractivity contribution in [2.45, 2.75) is 95.7 Å². The highest BCUT2D eigenvalue weighted by Crippen LogP contribution is 2.54. The molecule has 0 aliphatic carbocycles. The van der Waals surface area contributed by atoms with E-state index in [4.69, 9.17) is 14.6 Å². The van der Waals surface area contributed by atoms with Gasteiger partial charge in [0.15, 0.2) is 0 Å². The molecular formula is C23H36N2O6. The van der Waals surface area contributed by atoms with Crippen molar-refractivity contribution in [3.63, 3.8) is 0 Å². The minimum Gasteiger partial charge on any atom is -0.481 e. The van der Waals surface area contributed by atoms with E-state index in [0.29, 0.717) is 19.4 Å². The molecular weight excluding hydrogens is 400 g/mol. The first-order chi connectivity index (χ1) is 14.9. The molecule has 2 amide bonds. The standard InChI is InChI=1S/C23H36N2O6/c1-3-4-7-11-17(26)25-14(2)23(29)24-13-16-15(10-8-5-6-9-12-18(27)28)19-21-22(31-21)20(16)30-19/h5,8,14-16,19-22H,3-4,6-7,9-13H2,1-2H3,(H,24,29)(H,25,26)(H,27,28)/t14?,15-,16+,19+,20-,21-,22+/m0/s1. The molecule has 3 rings (SSSR count). The van der Waals surface area contributed by atoms with E-state index in [1.54, 1.807) is 6.92 Å². The number of hydrogen-bond donors (Lipinski definition) is 3. The second-order valence-corrected chi connectivity index (χ2v) is 8.94. The zero-order valence-corrected chi connectivity index (χ0v) is 18.5. The number of carboxylic acid groups (broad SMARTS) is 1. The Labute approximate surface area is 184 Å². The fourth-order valence-corrected chi connectivity index (χ4v) is 4.78. The Kier molecular flexibility index (Phi) is 8.49. The van der Waals surface area contributed by atoms with Crippen molar-refractivity contribution in [2.24, 2.45) is 11.8 Å². The zero-order valence-electron chi connectivity index (χ0n) is 18.5. The Morgan fingerprint density at radius 1 is 0.968 bits per heavy atom. The Hall–Kier alpha value is -1.93. The summed E-state index contributed by atoms with van der Waals surface area (Å²) in [5, 5.41) is 14.5. The average molecular weight is 437 g/mol. The lowest BCUT2D eigenvalue weighted by molar-refractivity contribution is -0.137. The van der Waals surface area contributed by atoms with Crippen LogP contribution in [0.1, 0.15) is 65.2 Å². The van der Waals surface area contributed by atoms with Crippen molar-refractivity contribution in [1.29, 1.82) is 0 Å². The second kappa shape index (κ2) is 11.1. The van der Waals surface area contributed by atoms with E-state index in [1.807, 2.05) is 6.08 Å². The topological polar surface area (TPSA) is 117 Å². The number of allylic oxidation sites excluding steroid dienone is 2. The summed E-state index contributed by atoms with van der Waals surface area (Å²) in [6.07, 6.45) is 10.3. The number of epoxide rings is 1. The van der Waals surface area contributed by atoms with Crippen molar-refractivity contribution in [1.82, 2.24) is 10.6 Å². The third-order valence-corrected chi connectivity index (χ3v) is 6.54. The van der Waals surface area contributed by atoms with E-state index >= 15 is 0 Å². The minimum atomic E-state index is -0.769. The molecule has 3 aliphatic rings. The van der Waals surface area contributed by atoms with Crippen molar-refractivity contribution in [3.8, 4) is 0 Å². The molecule has 8 nitrogen and oxygen atoms in total. The van der Waals surface area contributed by atoms with Crippen molar-refractivity contribution >= 4 is 17.8 Å². The summed E-state index contributed by atoms with van der Waals surface area (Å²) in [6, 6.07) is -0.564. The molecule has 3 aliphatic heterocycles.